The molecule has 2 aromatic heterocycles. The van der Waals surface area contributed by atoms with Gasteiger partial charge in [0.05, 0.1) is 5.56 Å². The van der Waals surface area contributed by atoms with Gasteiger partial charge in [0.2, 0.25) is 0 Å². The average molecular weight is 323 g/mol. The quantitative estimate of drug-likeness (QED) is 0.755. The highest BCUT2D eigenvalue weighted by Gasteiger charge is 2.07. The molecule has 0 aliphatic carbocycles. The molecule has 0 saturated carbocycles. The van der Waals surface area contributed by atoms with Crippen molar-refractivity contribution in [3.63, 3.8) is 0 Å². The molecule has 0 spiro atoms. The monoisotopic (exact) mass is 323 g/mol. The lowest BCUT2D eigenvalue weighted by Gasteiger charge is -2.07. The Balaban J connectivity index is 1.57. The number of carbonyl (C=O) groups excluding carboxylic acids is 1. The predicted octanol–water partition coefficient (Wildman–Crippen LogP) is 2.88. The van der Waals surface area contributed by atoms with Crippen molar-refractivity contribution in [3.8, 4) is 0 Å². The standard InChI is InChI=1S/C17H14FN5O/c18-14-5-3-12(4-6-14)10-20-15-7-8-16(23-22-15)21-17(24)13-2-1-9-19-11-13/h1-9,11H,10H2,(H,20,22)(H,21,23,24). The summed E-state index contributed by atoms with van der Waals surface area (Å²) in [7, 11) is 0. The zero-order valence-corrected chi connectivity index (χ0v) is 12.6. The molecule has 24 heavy (non-hydrogen) atoms. The molecule has 0 radical (unpaired) electrons. The fraction of sp³-hybridized carbons (Fsp3) is 0.0588. The van der Waals surface area contributed by atoms with Crippen LogP contribution in [0.2, 0.25) is 0 Å². The summed E-state index contributed by atoms with van der Waals surface area (Å²) in [6.45, 7) is 0.496. The molecule has 0 bridgehead atoms. The number of hydrogen-bond donors (Lipinski definition) is 2. The molecule has 1 amide bonds. The van der Waals surface area contributed by atoms with Gasteiger partial charge in [-0.1, -0.05) is 12.1 Å². The highest BCUT2D eigenvalue weighted by molar-refractivity contribution is 6.03. The van der Waals surface area contributed by atoms with E-state index in [1.807, 2.05) is 0 Å². The van der Waals surface area contributed by atoms with Gasteiger partial charge in [0.1, 0.15) is 11.6 Å². The van der Waals surface area contributed by atoms with Crippen LogP contribution in [0.1, 0.15) is 15.9 Å². The van der Waals surface area contributed by atoms with Crippen LogP contribution in [0.3, 0.4) is 0 Å². The van der Waals surface area contributed by atoms with Crippen LogP contribution < -0.4 is 10.6 Å². The number of halogens is 1. The molecule has 0 fully saturated rings. The Morgan fingerprint density at radius 3 is 2.42 bits per heavy atom. The summed E-state index contributed by atoms with van der Waals surface area (Å²) in [6, 6.07) is 12.9. The van der Waals surface area contributed by atoms with Gasteiger partial charge in [0, 0.05) is 18.9 Å². The maximum absolute atomic E-state index is 12.8. The maximum Gasteiger partial charge on any atom is 0.258 e. The number of carbonyl (C=O) groups is 1. The lowest BCUT2D eigenvalue weighted by Crippen LogP contribution is -2.13. The molecule has 0 unspecified atom stereocenters. The van der Waals surface area contributed by atoms with E-state index in [9.17, 15) is 9.18 Å². The average Bonchev–Trinajstić information content (AvgIpc) is 2.63. The van der Waals surface area contributed by atoms with E-state index < -0.39 is 0 Å². The first kappa shape index (κ1) is 15.5. The molecule has 3 aromatic rings. The Kier molecular flexibility index (Phi) is 4.71. The van der Waals surface area contributed by atoms with Crippen LogP contribution in [0.5, 0.6) is 0 Å². The highest BCUT2D eigenvalue weighted by Crippen LogP contribution is 2.10. The van der Waals surface area contributed by atoms with Crippen molar-refractivity contribution in [2.75, 3.05) is 10.6 Å². The fourth-order valence-electron chi connectivity index (χ4n) is 1.97. The smallest absolute Gasteiger partial charge is 0.258 e. The molecule has 1 aromatic carbocycles. The van der Waals surface area contributed by atoms with Crippen molar-refractivity contribution in [3.05, 3.63) is 77.9 Å². The van der Waals surface area contributed by atoms with Gasteiger partial charge in [-0.2, -0.15) is 0 Å². The van der Waals surface area contributed by atoms with E-state index in [4.69, 9.17) is 0 Å². The second-order valence-electron chi connectivity index (χ2n) is 4.98. The largest absolute Gasteiger partial charge is 0.365 e. The molecule has 120 valence electrons. The van der Waals surface area contributed by atoms with E-state index in [1.165, 1.54) is 18.3 Å². The molecular weight excluding hydrogens is 309 g/mol. The molecule has 0 atom stereocenters. The van der Waals surface area contributed by atoms with Crippen LogP contribution in [0.15, 0.2) is 60.9 Å². The van der Waals surface area contributed by atoms with Crippen LogP contribution >= 0.6 is 0 Å². The third-order valence-corrected chi connectivity index (χ3v) is 3.22. The maximum atomic E-state index is 12.8. The molecule has 0 saturated heterocycles. The van der Waals surface area contributed by atoms with Gasteiger partial charge < -0.3 is 10.6 Å². The third-order valence-electron chi connectivity index (χ3n) is 3.22. The number of benzene rings is 1. The Morgan fingerprint density at radius 2 is 1.75 bits per heavy atom. The Hall–Kier alpha value is -3.35. The normalized spacial score (nSPS) is 10.2. The Bertz CT molecular complexity index is 807. The van der Waals surface area contributed by atoms with E-state index in [-0.39, 0.29) is 11.7 Å². The second kappa shape index (κ2) is 7.28. The van der Waals surface area contributed by atoms with Gasteiger partial charge in [0.25, 0.3) is 5.91 Å². The van der Waals surface area contributed by atoms with Crippen LogP contribution in [0.4, 0.5) is 16.0 Å². The predicted molar refractivity (Wildman–Crippen MR) is 87.9 cm³/mol. The number of pyridine rings is 1. The van der Waals surface area contributed by atoms with Crippen LogP contribution in [-0.2, 0) is 6.54 Å². The minimum absolute atomic E-state index is 0.271. The van der Waals surface area contributed by atoms with Crippen LogP contribution in [-0.4, -0.2) is 21.1 Å². The number of anilines is 2. The number of aromatic nitrogens is 3. The number of nitrogens with one attached hydrogen (secondary N) is 2. The Morgan fingerprint density at radius 1 is 1.00 bits per heavy atom. The van der Waals surface area contributed by atoms with Crippen molar-refractivity contribution < 1.29 is 9.18 Å². The summed E-state index contributed by atoms with van der Waals surface area (Å²) < 4.78 is 12.8. The van der Waals surface area contributed by atoms with Crippen molar-refractivity contribution in [1.82, 2.24) is 15.2 Å². The lowest BCUT2D eigenvalue weighted by atomic mass is 10.2. The van der Waals surface area contributed by atoms with Gasteiger partial charge in [-0.15, -0.1) is 10.2 Å². The number of hydrogen-bond acceptors (Lipinski definition) is 5. The minimum Gasteiger partial charge on any atom is -0.365 e. The van der Waals surface area contributed by atoms with E-state index in [1.54, 1.807) is 42.6 Å². The van der Waals surface area contributed by atoms with Gasteiger partial charge in [-0.3, -0.25) is 9.78 Å². The first-order valence-corrected chi connectivity index (χ1v) is 7.24. The van der Waals surface area contributed by atoms with Gasteiger partial charge >= 0.3 is 0 Å². The number of amides is 1. The molecule has 6 nitrogen and oxygen atoms in total. The summed E-state index contributed by atoms with van der Waals surface area (Å²) in [6.07, 6.45) is 3.07. The SMILES string of the molecule is O=C(Nc1ccc(NCc2ccc(F)cc2)nn1)c1cccnc1. The fourth-order valence-corrected chi connectivity index (χ4v) is 1.97. The van der Waals surface area contributed by atoms with E-state index in [0.717, 1.165) is 5.56 Å². The van der Waals surface area contributed by atoms with E-state index in [2.05, 4.69) is 25.8 Å². The zero-order chi connectivity index (χ0) is 16.8. The van der Waals surface area contributed by atoms with E-state index >= 15 is 0 Å². The molecule has 2 heterocycles. The van der Waals surface area contributed by atoms with Crippen molar-refractivity contribution in [1.29, 1.82) is 0 Å². The van der Waals surface area contributed by atoms with Crippen molar-refractivity contribution in [2.45, 2.75) is 6.54 Å². The van der Waals surface area contributed by atoms with Crippen LogP contribution in [0, 0.1) is 5.82 Å². The van der Waals surface area contributed by atoms with Crippen molar-refractivity contribution >= 4 is 17.5 Å². The summed E-state index contributed by atoms with van der Waals surface area (Å²) in [5.74, 6) is 0.326. The topological polar surface area (TPSA) is 79.8 Å². The highest BCUT2D eigenvalue weighted by atomic mass is 19.1. The van der Waals surface area contributed by atoms with Crippen LogP contribution in [0.25, 0.3) is 0 Å². The zero-order valence-electron chi connectivity index (χ0n) is 12.6. The Labute approximate surface area is 137 Å². The molecule has 0 aliphatic heterocycles. The summed E-state index contributed by atoms with van der Waals surface area (Å²) in [4.78, 5) is 15.9. The molecular formula is C17H14FN5O. The van der Waals surface area contributed by atoms with Gasteiger partial charge in [-0.05, 0) is 42.0 Å². The minimum atomic E-state index is -0.301. The second-order valence-corrected chi connectivity index (χ2v) is 4.98. The van der Waals surface area contributed by atoms with Crippen molar-refractivity contribution in [2.24, 2.45) is 0 Å². The molecule has 3 rings (SSSR count). The number of nitrogens with zero attached hydrogens (tertiary/aromatic N) is 3. The number of rotatable bonds is 5. The summed E-state index contributed by atoms with van der Waals surface area (Å²) in [5.41, 5.74) is 1.37. The summed E-state index contributed by atoms with van der Waals surface area (Å²) in [5, 5.41) is 13.7. The summed E-state index contributed by atoms with van der Waals surface area (Å²) >= 11 is 0. The first-order chi connectivity index (χ1) is 11.7. The van der Waals surface area contributed by atoms with Gasteiger partial charge in [-0.25, -0.2) is 4.39 Å². The third kappa shape index (κ3) is 4.10. The molecule has 0 aliphatic rings. The molecule has 7 heteroatoms. The molecule has 2 N–H and O–H groups in total. The lowest BCUT2D eigenvalue weighted by molar-refractivity contribution is 0.102. The first-order valence-electron chi connectivity index (χ1n) is 7.24. The van der Waals surface area contributed by atoms with E-state index in [0.29, 0.717) is 23.7 Å². The van der Waals surface area contributed by atoms with Gasteiger partial charge in [0.15, 0.2) is 5.82 Å².